The Morgan fingerprint density at radius 1 is 1.35 bits per heavy atom. The van der Waals surface area contributed by atoms with Gasteiger partial charge in [0, 0.05) is 22.8 Å². The van der Waals surface area contributed by atoms with Gasteiger partial charge in [-0.15, -0.1) is 11.8 Å². The molecule has 0 aliphatic heterocycles. The topological polar surface area (TPSA) is 49.8 Å². The number of aromatic nitrogens is 2. The average molecular weight is 282 g/mol. The van der Waals surface area contributed by atoms with Crippen molar-refractivity contribution < 1.29 is 0 Å². The number of nitrogens with one attached hydrogen (secondary N) is 2. The highest BCUT2D eigenvalue weighted by molar-refractivity contribution is 7.98. The third kappa shape index (κ3) is 3.25. The van der Waals surface area contributed by atoms with E-state index in [0.29, 0.717) is 23.3 Å². The quantitative estimate of drug-likeness (QED) is 0.651. The summed E-state index contributed by atoms with van der Waals surface area (Å²) in [5.74, 6) is 1.27. The predicted octanol–water partition coefficient (Wildman–Crippen LogP) is 2.31. The van der Waals surface area contributed by atoms with Gasteiger partial charge in [-0.1, -0.05) is 6.07 Å². The van der Waals surface area contributed by atoms with Crippen LogP contribution in [0.3, 0.4) is 0 Å². The van der Waals surface area contributed by atoms with Crippen molar-refractivity contribution in [3.8, 4) is 0 Å². The van der Waals surface area contributed by atoms with Crippen molar-refractivity contribution in [2.24, 2.45) is 0 Å². The predicted molar refractivity (Wildman–Crippen MR) is 85.6 cm³/mol. The van der Waals surface area contributed by atoms with Crippen molar-refractivity contribution in [3.63, 3.8) is 0 Å². The fraction of sp³-hybridized carbons (Fsp3) is 0.286. The fourth-order valence-corrected chi connectivity index (χ4v) is 2.28. The number of hydrogen-bond donors (Lipinski definition) is 2. The Morgan fingerprint density at radius 2 is 2.20 bits per heavy atom. The summed E-state index contributed by atoms with van der Waals surface area (Å²) in [6, 6.07) is 8.65. The van der Waals surface area contributed by atoms with Crippen molar-refractivity contribution in [3.05, 3.63) is 30.5 Å². The second-order valence-electron chi connectivity index (χ2n) is 4.77. The number of benzene rings is 1. The molecule has 1 heterocycles. The Hall–Kier alpha value is -1.69. The van der Waals surface area contributed by atoms with Crippen molar-refractivity contribution >= 4 is 42.5 Å². The lowest BCUT2D eigenvalue weighted by Crippen LogP contribution is -2.17. The van der Waals surface area contributed by atoms with Gasteiger partial charge in [0.15, 0.2) is 0 Å². The van der Waals surface area contributed by atoms with Crippen LogP contribution in [0.15, 0.2) is 35.4 Å². The highest BCUT2D eigenvalue weighted by Crippen LogP contribution is 2.24. The molecule has 6 heteroatoms. The van der Waals surface area contributed by atoms with Crippen LogP contribution in [0.2, 0.25) is 0 Å². The molecule has 1 aromatic heterocycles. The molecule has 0 bridgehead atoms. The fourth-order valence-electron chi connectivity index (χ4n) is 1.82. The first-order valence-corrected chi connectivity index (χ1v) is 7.77. The van der Waals surface area contributed by atoms with Crippen LogP contribution in [0, 0.1) is 0 Å². The lowest BCUT2D eigenvalue weighted by molar-refractivity contribution is 1.09. The minimum Gasteiger partial charge on any atom is -0.368 e. The molecule has 0 unspecified atom stereocenters. The maximum atomic E-state index is 5.89. The van der Waals surface area contributed by atoms with Crippen LogP contribution < -0.4 is 16.1 Å². The van der Waals surface area contributed by atoms with E-state index in [4.69, 9.17) is 7.85 Å². The molecular weight excluding hydrogens is 267 g/mol. The highest BCUT2D eigenvalue weighted by atomic mass is 32.2. The standard InChI is InChI=1S/C14H15BN4S/c1-20-11-4-2-3-10(7-11)18-14-16-8-12(15)13(19-14)17-9-5-6-9/h2-4,7-9H,5-6H2,1H3,(H2,16,17,18,19). The zero-order chi connectivity index (χ0) is 13.9. The minimum absolute atomic E-state index is 0.514. The van der Waals surface area contributed by atoms with E-state index in [2.05, 4.69) is 39.0 Å². The minimum atomic E-state index is 0.514. The van der Waals surface area contributed by atoms with Gasteiger partial charge in [0.1, 0.15) is 13.7 Å². The summed E-state index contributed by atoms with van der Waals surface area (Å²) in [5.41, 5.74) is 1.55. The van der Waals surface area contributed by atoms with Crippen molar-refractivity contribution in [2.75, 3.05) is 16.9 Å². The molecule has 100 valence electrons. The summed E-state index contributed by atoms with van der Waals surface area (Å²) in [5, 5.41) is 6.52. The van der Waals surface area contributed by atoms with E-state index in [0.717, 1.165) is 5.69 Å². The van der Waals surface area contributed by atoms with Gasteiger partial charge in [0.25, 0.3) is 0 Å². The molecular formula is C14H15BN4S. The third-order valence-corrected chi connectivity index (χ3v) is 3.79. The Morgan fingerprint density at radius 3 is 2.95 bits per heavy atom. The van der Waals surface area contributed by atoms with Crippen LogP contribution >= 0.6 is 11.8 Å². The van der Waals surface area contributed by atoms with Crippen LogP contribution in [0.25, 0.3) is 0 Å². The lowest BCUT2D eigenvalue weighted by Gasteiger charge is -2.11. The van der Waals surface area contributed by atoms with Gasteiger partial charge in [0.05, 0.1) is 0 Å². The first kappa shape index (κ1) is 13.3. The molecule has 2 aromatic rings. The largest absolute Gasteiger partial charge is 0.368 e. The van der Waals surface area contributed by atoms with Gasteiger partial charge >= 0.3 is 0 Å². The van der Waals surface area contributed by atoms with Gasteiger partial charge in [-0.05, 0) is 42.8 Å². The number of nitrogens with zero attached hydrogens (tertiary/aromatic N) is 2. The zero-order valence-corrected chi connectivity index (χ0v) is 12.1. The molecule has 1 aliphatic carbocycles. The van der Waals surface area contributed by atoms with Crippen LogP contribution in [0.5, 0.6) is 0 Å². The Kier molecular flexibility index (Phi) is 3.82. The normalized spacial score (nSPS) is 14.1. The molecule has 2 radical (unpaired) electrons. The average Bonchev–Trinajstić information content (AvgIpc) is 3.27. The van der Waals surface area contributed by atoms with Gasteiger partial charge in [-0.3, -0.25) is 0 Å². The molecule has 1 aliphatic rings. The molecule has 0 saturated heterocycles. The summed E-state index contributed by atoms with van der Waals surface area (Å²) in [6.07, 6.45) is 6.05. The first-order chi connectivity index (χ1) is 9.74. The van der Waals surface area contributed by atoms with E-state index in [9.17, 15) is 0 Å². The monoisotopic (exact) mass is 282 g/mol. The molecule has 0 spiro atoms. The van der Waals surface area contributed by atoms with E-state index in [1.54, 1.807) is 18.0 Å². The van der Waals surface area contributed by atoms with Crippen molar-refractivity contribution in [2.45, 2.75) is 23.8 Å². The summed E-state index contributed by atoms with van der Waals surface area (Å²) in [7, 11) is 5.89. The molecule has 2 N–H and O–H groups in total. The maximum absolute atomic E-state index is 5.89. The Balaban J connectivity index is 1.78. The molecule has 1 saturated carbocycles. The zero-order valence-electron chi connectivity index (χ0n) is 11.3. The van der Waals surface area contributed by atoms with Gasteiger partial charge in [0.2, 0.25) is 5.95 Å². The molecule has 1 aromatic carbocycles. The summed E-state index contributed by atoms with van der Waals surface area (Å²) in [6.45, 7) is 0. The molecule has 4 nitrogen and oxygen atoms in total. The highest BCUT2D eigenvalue weighted by Gasteiger charge is 2.22. The summed E-state index contributed by atoms with van der Waals surface area (Å²) < 4.78 is 0. The summed E-state index contributed by atoms with van der Waals surface area (Å²) >= 11 is 1.70. The summed E-state index contributed by atoms with van der Waals surface area (Å²) in [4.78, 5) is 9.86. The molecule has 3 rings (SSSR count). The van der Waals surface area contributed by atoms with E-state index in [1.807, 2.05) is 12.1 Å². The Bertz CT molecular complexity index is 616. The number of rotatable bonds is 5. The molecule has 20 heavy (non-hydrogen) atoms. The van der Waals surface area contributed by atoms with Gasteiger partial charge in [-0.2, -0.15) is 4.98 Å². The van der Waals surface area contributed by atoms with Gasteiger partial charge < -0.3 is 10.6 Å². The molecule has 1 fully saturated rings. The Labute approximate surface area is 124 Å². The van der Waals surface area contributed by atoms with E-state index < -0.39 is 0 Å². The van der Waals surface area contributed by atoms with Crippen molar-refractivity contribution in [1.29, 1.82) is 0 Å². The van der Waals surface area contributed by atoms with E-state index in [1.165, 1.54) is 17.7 Å². The number of anilines is 3. The van der Waals surface area contributed by atoms with E-state index >= 15 is 0 Å². The van der Waals surface area contributed by atoms with E-state index in [-0.39, 0.29) is 0 Å². The number of thioether (sulfide) groups is 1. The smallest absolute Gasteiger partial charge is 0.229 e. The second-order valence-corrected chi connectivity index (χ2v) is 5.65. The third-order valence-electron chi connectivity index (χ3n) is 3.06. The molecule has 0 amide bonds. The molecule has 0 atom stereocenters. The van der Waals surface area contributed by atoms with Gasteiger partial charge in [-0.25, -0.2) is 4.98 Å². The second kappa shape index (κ2) is 5.75. The number of hydrogen-bond acceptors (Lipinski definition) is 5. The van der Waals surface area contributed by atoms with Crippen LogP contribution in [0.4, 0.5) is 17.5 Å². The lowest BCUT2D eigenvalue weighted by atomic mass is 9.99. The maximum Gasteiger partial charge on any atom is 0.229 e. The van der Waals surface area contributed by atoms with Crippen LogP contribution in [-0.2, 0) is 0 Å². The van der Waals surface area contributed by atoms with Crippen molar-refractivity contribution in [1.82, 2.24) is 9.97 Å². The van der Waals surface area contributed by atoms with Crippen LogP contribution in [-0.4, -0.2) is 30.1 Å². The SMILES string of the molecule is [B]c1cnc(Nc2cccc(SC)c2)nc1NC1CC1. The van der Waals surface area contributed by atoms with Crippen LogP contribution in [0.1, 0.15) is 12.8 Å². The first-order valence-electron chi connectivity index (χ1n) is 6.55.